The van der Waals surface area contributed by atoms with Crippen LogP contribution >= 0.6 is 0 Å². The number of amides is 1. The summed E-state index contributed by atoms with van der Waals surface area (Å²) in [5.74, 6) is -1.48. The van der Waals surface area contributed by atoms with Crippen molar-refractivity contribution in [1.29, 1.82) is 0 Å². The van der Waals surface area contributed by atoms with Gasteiger partial charge in [-0.05, 0) is 55.7 Å². The highest BCUT2D eigenvalue weighted by atomic mass is 19.1. The van der Waals surface area contributed by atoms with E-state index in [2.05, 4.69) is 15.3 Å². The van der Waals surface area contributed by atoms with Gasteiger partial charge in [0.25, 0.3) is 0 Å². The molecule has 2 aliphatic carbocycles. The van der Waals surface area contributed by atoms with Gasteiger partial charge in [0.05, 0.1) is 7.11 Å². The van der Waals surface area contributed by atoms with Crippen LogP contribution < -0.4 is 10.2 Å². The molecule has 1 amide bonds. The largest absolute Gasteiger partial charge is 0.492 e. The molecule has 2 aromatic rings. The number of ether oxygens (including phenoxy) is 1. The summed E-state index contributed by atoms with van der Waals surface area (Å²) in [6.45, 7) is 4.43. The van der Waals surface area contributed by atoms with Crippen LogP contribution in [-0.4, -0.2) is 47.6 Å². The predicted octanol–water partition coefficient (Wildman–Crippen LogP) is 4.32. The van der Waals surface area contributed by atoms with Crippen LogP contribution in [-0.2, 0) is 25.7 Å². The SMILES string of the molecule is COC1=C(C(C)C)C(=O)C=C(CNC(=O)C2CCC(CN(Cc3ccc(F)cc3F)c3ccncn3)CC2)C1=O. The third-order valence-electron chi connectivity index (χ3n) is 7.51. The average molecular weight is 553 g/mol. The molecule has 4 rings (SSSR count). The van der Waals surface area contributed by atoms with Crippen molar-refractivity contribution in [3.63, 3.8) is 0 Å². The molecule has 1 fully saturated rings. The van der Waals surface area contributed by atoms with Crippen LogP contribution in [0.25, 0.3) is 0 Å². The number of hydrogen-bond donors (Lipinski definition) is 1. The molecule has 1 aromatic carbocycles. The summed E-state index contributed by atoms with van der Waals surface area (Å²) < 4.78 is 33.0. The van der Waals surface area contributed by atoms with Crippen molar-refractivity contribution in [2.24, 2.45) is 17.8 Å². The number of rotatable bonds is 10. The number of nitrogens with zero attached hydrogens (tertiary/aromatic N) is 3. The zero-order valence-corrected chi connectivity index (χ0v) is 23.0. The maximum Gasteiger partial charge on any atom is 0.225 e. The summed E-state index contributed by atoms with van der Waals surface area (Å²) in [5, 5.41) is 2.83. The molecule has 2 aliphatic rings. The minimum atomic E-state index is -0.627. The third kappa shape index (κ3) is 6.78. The van der Waals surface area contributed by atoms with Gasteiger partial charge < -0.3 is 15.0 Å². The Bertz CT molecular complexity index is 1320. The van der Waals surface area contributed by atoms with E-state index in [1.165, 1.54) is 31.6 Å². The second-order valence-electron chi connectivity index (χ2n) is 10.6. The Hall–Kier alpha value is -3.95. The molecule has 1 saturated carbocycles. The summed E-state index contributed by atoms with van der Waals surface area (Å²) in [6.07, 6.45) is 7.21. The Labute approximate surface area is 232 Å². The molecule has 0 spiro atoms. The highest BCUT2D eigenvalue weighted by Crippen LogP contribution is 2.31. The van der Waals surface area contributed by atoms with Crippen molar-refractivity contribution < 1.29 is 27.9 Å². The molecule has 0 bridgehead atoms. The van der Waals surface area contributed by atoms with E-state index in [-0.39, 0.29) is 59.6 Å². The molecule has 40 heavy (non-hydrogen) atoms. The van der Waals surface area contributed by atoms with E-state index >= 15 is 0 Å². The Morgan fingerprint density at radius 2 is 1.90 bits per heavy atom. The highest BCUT2D eigenvalue weighted by Gasteiger charge is 2.32. The number of ketones is 2. The third-order valence-corrected chi connectivity index (χ3v) is 7.51. The first-order chi connectivity index (χ1) is 19.2. The number of nitrogens with one attached hydrogen (secondary N) is 1. The van der Waals surface area contributed by atoms with Crippen LogP contribution in [0.1, 0.15) is 45.1 Å². The molecule has 1 heterocycles. The molecule has 212 valence electrons. The minimum absolute atomic E-state index is 0.0354. The Balaban J connectivity index is 1.33. The minimum Gasteiger partial charge on any atom is -0.492 e. The lowest BCUT2D eigenvalue weighted by Crippen LogP contribution is -2.38. The molecule has 0 aliphatic heterocycles. The van der Waals surface area contributed by atoms with Crippen LogP contribution in [0.4, 0.5) is 14.6 Å². The fourth-order valence-electron chi connectivity index (χ4n) is 5.37. The van der Waals surface area contributed by atoms with Gasteiger partial charge in [-0.1, -0.05) is 19.9 Å². The summed E-state index contributed by atoms with van der Waals surface area (Å²) in [5.41, 5.74) is 0.922. The van der Waals surface area contributed by atoms with Crippen molar-refractivity contribution >= 4 is 23.3 Å². The summed E-state index contributed by atoms with van der Waals surface area (Å²) >= 11 is 0. The second kappa shape index (κ2) is 12.9. The fourth-order valence-corrected chi connectivity index (χ4v) is 5.37. The van der Waals surface area contributed by atoms with Crippen molar-refractivity contribution in [3.05, 3.63) is 77.0 Å². The van der Waals surface area contributed by atoms with Crippen LogP contribution in [0.2, 0.25) is 0 Å². The number of carbonyl (C=O) groups excluding carboxylic acids is 3. The topological polar surface area (TPSA) is 101 Å². The Kier molecular flexibility index (Phi) is 9.39. The Morgan fingerprint density at radius 3 is 2.52 bits per heavy atom. The number of allylic oxidation sites excluding steroid dienone is 3. The van der Waals surface area contributed by atoms with Crippen molar-refractivity contribution in [2.45, 2.75) is 46.1 Å². The number of hydrogen-bond acceptors (Lipinski definition) is 7. The fraction of sp³-hybridized carbons (Fsp3) is 0.433. The first-order valence-corrected chi connectivity index (χ1v) is 13.5. The Morgan fingerprint density at radius 1 is 1.15 bits per heavy atom. The second-order valence-corrected chi connectivity index (χ2v) is 10.6. The molecular weight excluding hydrogens is 518 g/mol. The molecule has 0 unspecified atom stereocenters. The van der Waals surface area contributed by atoms with Gasteiger partial charge in [-0.2, -0.15) is 0 Å². The number of aromatic nitrogens is 2. The highest BCUT2D eigenvalue weighted by molar-refractivity contribution is 6.22. The van der Waals surface area contributed by atoms with Crippen LogP contribution in [0.15, 0.2) is 59.8 Å². The van der Waals surface area contributed by atoms with Crippen molar-refractivity contribution in [3.8, 4) is 0 Å². The van der Waals surface area contributed by atoms with E-state index in [4.69, 9.17) is 4.74 Å². The summed E-state index contributed by atoms with van der Waals surface area (Å²) in [7, 11) is 1.37. The zero-order valence-electron chi connectivity index (χ0n) is 23.0. The van der Waals surface area contributed by atoms with Crippen molar-refractivity contribution in [1.82, 2.24) is 15.3 Å². The van der Waals surface area contributed by atoms with Crippen LogP contribution in [0, 0.1) is 29.4 Å². The number of Topliss-reactive ketones (excluding diaryl/α,β-unsaturated/α-hetero) is 1. The summed E-state index contributed by atoms with van der Waals surface area (Å²) in [6, 6.07) is 5.30. The number of anilines is 1. The molecule has 0 radical (unpaired) electrons. The molecule has 0 atom stereocenters. The van der Waals surface area contributed by atoms with Gasteiger partial charge in [-0.15, -0.1) is 0 Å². The van der Waals surface area contributed by atoms with Crippen molar-refractivity contribution in [2.75, 3.05) is 25.1 Å². The first-order valence-electron chi connectivity index (χ1n) is 13.5. The van der Waals surface area contributed by atoms with Gasteiger partial charge in [0, 0.05) is 54.5 Å². The van der Waals surface area contributed by atoms with E-state index in [0.717, 1.165) is 18.9 Å². The van der Waals surface area contributed by atoms with Gasteiger partial charge in [0.15, 0.2) is 11.5 Å². The smallest absolute Gasteiger partial charge is 0.225 e. The number of benzene rings is 1. The molecule has 0 saturated heterocycles. The van der Waals surface area contributed by atoms with Gasteiger partial charge >= 0.3 is 0 Å². The standard InChI is InChI=1S/C30H34F2N4O4/c1-18(2)27-25(37)12-22(28(38)29(27)40-3)14-34-30(39)20-6-4-19(5-7-20)15-36(26-10-11-33-17-35-26)16-21-8-9-23(31)13-24(21)32/h8-13,17-20H,4-7,14-16H2,1-3H3,(H,34,39). The quantitative estimate of drug-likeness (QED) is 0.438. The number of halogens is 2. The molecular formula is C30H34F2N4O4. The lowest BCUT2D eigenvalue weighted by atomic mass is 9.81. The molecule has 1 N–H and O–H groups in total. The zero-order chi connectivity index (χ0) is 28.8. The van der Waals surface area contributed by atoms with E-state index in [1.54, 1.807) is 12.3 Å². The first kappa shape index (κ1) is 29.0. The average Bonchev–Trinajstić information content (AvgIpc) is 2.94. The lowest BCUT2D eigenvalue weighted by molar-refractivity contribution is -0.126. The molecule has 8 nitrogen and oxygen atoms in total. The lowest BCUT2D eigenvalue weighted by Gasteiger charge is -2.33. The summed E-state index contributed by atoms with van der Waals surface area (Å²) in [4.78, 5) is 48.5. The van der Waals surface area contributed by atoms with E-state index in [1.807, 2.05) is 18.7 Å². The van der Waals surface area contributed by atoms with Gasteiger partial charge in [-0.3, -0.25) is 14.4 Å². The molecule has 10 heteroatoms. The number of carbonyl (C=O) groups is 3. The van der Waals surface area contributed by atoms with E-state index in [0.29, 0.717) is 36.3 Å². The molecule has 1 aromatic heterocycles. The van der Waals surface area contributed by atoms with Crippen LogP contribution in [0.3, 0.4) is 0 Å². The maximum absolute atomic E-state index is 14.4. The predicted molar refractivity (Wildman–Crippen MR) is 145 cm³/mol. The van der Waals surface area contributed by atoms with E-state index in [9.17, 15) is 23.2 Å². The monoisotopic (exact) mass is 552 g/mol. The van der Waals surface area contributed by atoms with Gasteiger partial charge in [0.1, 0.15) is 23.8 Å². The normalized spacial score (nSPS) is 19.5. The number of methoxy groups -OCH3 is 1. The van der Waals surface area contributed by atoms with Crippen LogP contribution in [0.5, 0.6) is 0 Å². The van der Waals surface area contributed by atoms with Gasteiger partial charge in [0.2, 0.25) is 11.7 Å². The van der Waals surface area contributed by atoms with Gasteiger partial charge in [-0.25, -0.2) is 18.7 Å². The van der Waals surface area contributed by atoms with E-state index < -0.39 is 11.6 Å². The maximum atomic E-state index is 14.4.